The van der Waals surface area contributed by atoms with Gasteiger partial charge in [0.2, 0.25) is 5.95 Å². The standard InChI is InChI=1S/C25H21ClN10/c1-15-22(23(35(3)33-15)17-5-4-6-18(26)13-17)24-32-31-21-14-16(9-12-36(21)24)19-7-10-27-25(29-19)30-20-8-11-28-34(20)2/h4-14H,1-3H3,(H,27,29,30). The number of aryl methyl sites for hydroxylation is 3. The van der Waals surface area contributed by atoms with Gasteiger partial charge in [-0.15, -0.1) is 10.2 Å². The number of hydrogen-bond donors (Lipinski definition) is 1. The zero-order valence-electron chi connectivity index (χ0n) is 19.8. The van der Waals surface area contributed by atoms with E-state index in [1.54, 1.807) is 17.1 Å². The lowest BCUT2D eigenvalue weighted by atomic mass is 10.1. The van der Waals surface area contributed by atoms with E-state index in [1.165, 1.54) is 0 Å². The van der Waals surface area contributed by atoms with Crippen molar-refractivity contribution >= 4 is 29.0 Å². The topological polar surface area (TPSA) is 104 Å². The van der Waals surface area contributed by atoms with E-state index in [1.807, 2.05) is 84.8 Å². The van der Waals surface area contributed by atoms with Crippen LogP contribution in [0, 0.1) is 6.92 Å². The molecule has 0 saturated carbocycles. The lowest BCUT2D eigenvalue weighted by molar-refractivity contribution is 0.764. The van der Waals surface area contributed by atoms with Gasteiger partial charge in [-0.1, -0.05) is 23.7 Å². The monoisotopic (exact) mass is 496 g/mol. The maximum atomic E-state index is 6.28. The number of benzene rings is 1. The Hall–Kier alpha value is -4.57. The predicted octanol–water partition coefficient (Wildman–Crippen LogP) is 4.69. The molecule has 10 nitrogen and oxygen atoms in total. The van der Waals surface area contributed by atoms with Crippen molar-refractivity contribution in [2.24, 2.45) is 14.1 Å². The summed E-state index contributed by atoms with van der Waals surface area (Å²) in [5, 5.41) is 21.7. The number of halogens is 1. The number of aromatic nitrogens is 9. The van der Waals surface area contributed by atoms with Crippen LogP contribution in [-0.2, 0) is 14.1 Å². The van der Waals surface area contributed by atoms with Crippen LogP contribution in [0.3, 0.4) is 0 Å². The highest BCUT2D eigenvalue weighted by atomic mass is 35.5. The summed E-state index contributed by atoms with van der Waals surface area (Å²) in [6.45, 7) is 1.97. The van der Waals surface area contributed by atoms with Gasteiger partial charge in [-0.2, -0.15) is 10.2 Å². The van der Waals surface area contributed by atoms with Crippen molar-refractivity contribution in [2.75, 3.05) is 5.32 Å². The first kappa shape index (κ1) is 21.9. The average molecular weight is 497 g/mol. The van der Waals surface area contributed by atoms with Crippen LogP contribution in [0.2, 0.25) is 5.02 Å². The molecule has 5 aromatic heterocycles. The molecule has 1 aromatic carbocycles. The minimum atomic E-state index is 0.482. The number of anilines is 2. The summed E-state index contributed by atoms with van der Waals surface area (Å²) in [5.41, 5.74) is 6.01. The highest BCUT2D eigenvalue weighted by Crippen LogP contribution is 2.35. The Labute approximate surface area is 211 Å². The van der Waals surface area contributed by atoms with Crippen molar-refractivity contribution in [1.29, 1.82) is 0 Å². The first-order valence-corrected chi connectivity index (χ1v) is 11.6. The minimum absolute atomic E-state index is 0.482. The summed E-state index contributed by atoms with van der Waals surface area (Å²) in [5.74, 6) is 1.99. The molecule has 0 bridgehead atoms. The van der Waals surface area contributed by atoms with E-state index in [0.717, 1.165) is 39.6 Å². The van der Waals surface area contributed by atoms with Crippen molar-refractivity contribution in [3.63, 3.8) is 0 Å². The number of hydrogen-bond acceptors (Lipinski definition) is 7. The Morgan fingerprint density at radius 2 is 1.81 bits per heavy atom. The summed E-state index contributed by atoms with van der Waals surface area (Å²) >= 11 is 6.28. The molecule has 0 aliphatic carbocycles. The molecular weight excluding hydrogens is 476 g/mol. The zero-order valence-corrected chi connectivity index (χ0v) is 20.5. The molecule has 6 rings (SSSR count). The molecule has 0 amide bonds. The van der Waals surface area contributed by atoms with E-state index in [9.17, 15) is 0 Å². The van der Waals surface area contributed by atoms with Gasteiger partial charge in [-0.3, -0.25) is 13.8 Å². The summed E-state index contributed by atoms with van der Waals surface area (Å²) in [4.78, 5) is 8.99. The van der Waals surface area contributed by atoms with Crippen LogP contribution in [0.4, 0.5) is 11.8 Å². The van der Waals surface area contributed by atoms with E-state index in [-0.39, 0.29) is 0 Å². The smallest absolute Gasteiger partial charge is 0.228 e. The quantitative estimate of drug-likeness (QED) is 0.369. The number of nitrogens with one attached hydrogen (secondary N) is 1. The van der Waals surface area contributed by atoms with Crippen LogP contribution < -0.4 is 5.32 Å². The largest absolute Gasteiger partial charge is 0.309 e. The molecule has 0 aliphatic rings. The van der Waals surface area contributed by atoms with Crippen molar-refractivity contribution in [3.8, 4) is 33.9 Å². The molecule has 0 radical (unpaired) electrons. The van der Waals surface area contributed by atoms with Crippen LogP contribution in [0.5, 0.6) is 0 Å². The summed E-state index contributed by atoms with van der Waals surface area (Å²) in [6.07, 6.45) is 5.38. The maximum Gasteiger partial charge on any atom is 0.228 e. The molecule has 0 aliphatic heterocycles. The van der Waals surface area contributed by atoms with Crippen molar-refractivity contribution < 1.29 is 0 Å². The van der Waals surface area contributed by atoms with Gasteiger partial charge in [0.05, 0.1) is 28.8 Å². The van der Waals surface area contributed by atoms with E-state index in [0.29, 0.717) is 22.4 Å². The Bertz CT molecular complexity index is 1730. The number of nitrogens with zero attached hydrogens (tertiary/aromatic N) is 9. The molecule has 178 valence electrons. The molecule has 0 saturated heterocycles. The fourth-order valence-corrected chi connectivity index (χ4v) is 4.49. The fraction of sp³-hybridized carbons (Fsp3) is 0.120. The van der Waals surface area contributed by atoms with Crippen molar-refractivity contribution in [1.82, 2.24) is 44.1 Å². The summed E-state index contributed by atoms with van der Waals surface area (Å²) in [6, 6.07) is 15.4. The third kappa shape index (κ3) is 3.77. The van der Waals surface area contributed by atoms with E-state index >= 15 is 0 Å². The van der Waals surface area contributed by atoms with Crippen LogP contribution >= 0.6 is 11.6 Å². The SMILES string of the molecule is Cc1nn(C)c(-c2cccc(Cl)c2)c1-c1nnc2cc(-c3ccnc(Nc4ccnn4C)n3)ccn12. The molecular formula is C25H21ClN10. The second kappa shape index (κ2) is 8.58. The Kier molecular flexibility index (Phi) is 5.23. The normalized spacial score (nSPS) is 11.3. The minimum Gasteiger partial charge on any atom is -0.309 e. The van der Waals surface area contributed by atoms with Crippen molar-refractivity contribution in [2.45, 2.75) is 6.92 Å². The molecule has 36 heavy (non-hydrogen) atoms. The van der Waals surface area contributed by atoms with Gasteiger partial charge < -0.3 is 5.32 Å². The predicted molar refractivity (Wildman–Crippen MR) is 138 cm³/mol. The van der Waals surface area contributed by atoms with Crippen LogP contribution in [0.1, 0.15) is 5.69 Å². The average Bonchev–Trinajstić information content (AvgIpc) is 3.55. The first-order chi connectivity index (χ1) is 17.5. The van der Waals surface area contributed by atoms with E-state index in [4.69, 9.17) is 11.6 Å². The lowest BCUT2D eigenvalue weighted by Crippen LogP contribution is -2.03. The highest BCUT2D eigenvalue weighted by molar-refractivity contribution is 6.30. The number of pyridine rings is 1. The molecule has 11 heteroatoms. The number of rotatable bonds is 5. The van der Waals surface area contributed by atoms with Gasteiger partial charge in [-0.25, -0.2) is 9.97 Å². The second-order valence-electron chi connectivity index (χ2n) is 8.34. The molecule has 0 fully saturated rings. The number of fused-ring (bicyclic) bond motifs is 1. The Morgan fingerprint density at radius 1 is 0.917 bits per heavy atom. The first-order valence-electron chi connectivity index (χ1n) is 11.2. The fourth-order valence-electron chi connectivity index (χ4n) is 4.30. The van der Waals surface area contributed by atoms with Crippen molar-refractivity contribution in [3.05, 3.63) is 77.8 Å². The van der Waals surface area contributed by atoms with Gasteiger partial charge in [-0.05, 0) is 37.3 Å². The Morgan fingerprint density at radius 3 is 2.61 bits per heavy atom. The van der Waals surface area contributed by atoms with E-state index in [2.05, 4.69) is 35.7 Å². The van der Waals surface area contributed by atoms with Gasteiger partial charge in [0, 0.05) is 48.7 Å². The van der Waals surface area contributed by atoms with E-state index < -0.39 is 0 Å². The molecule has 0 unspecified atom stereocenters. The Balaban J connectivity index is 1.40. The second-order valence-corrected chi connectivity index (χ2v) is 8.78. The van der Waals surface area contributed by atoms with Crippen LogP contribution in [0.15, 0.2) is 67.1 Å². The van der Waals surface area contributed by atoms with Crippen LogP contribution in [-0.4, -0.2) is 44.1 Å². The van der Waals surface area contributed by atoms with Gasteiger partial charge in [0.15, 0.2) is 11.5 Å². The molecule has 0 spiro atoms. The maximum absolute atomic E-state index is 6.28. The van der Waals surface area contributed by atoms with Gasteiger partial charge in [0.25, 0.3) is 0 Å². The molecule has 1 N–H and O–H groups in total. The van der Waals surface area contributed by atoms with Crippen LogP contribution in [0.25, 0.3) is 39.5 Å². The third-order valence-electron chi connectivity index (χ3n) is 5.97. The molecule has 6 aromatic rings. The summed E-state index contributed by atoms with van der Waals surface area (Å²) < 4.78 is 5.53. The van der Waals surface area contributed by atoms with Gasteiger partial charge in [0.1, 0.15) is 5.82 Å². The molecule has 5 heterocycles. The zero-order chi connectivity index (χ0) is 24.8. The lowest BCUT2D eigenvalue weighted by Gasteiger charge is -2.08. The van der Waals surface area contributed by atoms with Gasteiger partial charge >= 0.3 is 0 Å². The highest BCUT2D eigenvalue weighted by Gasteiger charge is 2.22. The third-order valence-corrected chi connectivity index (χ3v) is 6.20. The summed E-state index contributed by atoms with van der Waals surface area (Å²) in [7, 11) is 3.77. The molecule has 0 atom stereocenters.